The highest BCUT2D eigenvalue weighted by Crippen LogP contribution is 2.15. The molecule has 2 aromatic rings. The Kier molecular flexibility index (Phi) is 2.96. The zero-order valence-electron chi connectivity index (χ0n) is 7.59. The predicted molar refractivity (Wildman–Crippen MR) is 70.0 cm³/mol. The topological polar surface area (TPSA) is 56.7 Å². The van der Waals surface area contributed by atoms with Gasteiger partial charge in [-0.05, 0) is 34.7 Å². The van der Waals surface area contributed by atoms with Crippen molar-refractivity contribution in [1.82, 2.24) is 14.5 Å². The van der Waals surface area contributed by atoms with Gasteiger partial charge in [0, 0.05) is 12.4 Å². The monoisotopic (exact) mass is 330 g/mol. The molecule has 0 atom stereocenters. The third kappa shape index (κ3) is 2.00. The smallest absolute Gasteiger partial charge is 0.154 e. The Labute approximate surface area is 106 Å². The van der Waals surface area contributed by atoms with E-state index in [0.717, 1.165) is 15.1 Å². The van der Waals surface area contributed by atoms with Gasteiger partial charge in [-0.3, -0.25) is 4.57 Å². The maximum absolute atomic E-state index is 5.61. The van der Waals surface area contributed by atoms with Crippen LogP contribution < -0.4 is 5.73 Å². The fraction of sp³-hybridized carbons (Fsp3) is 0. The summed E-state index contributed by atoms with van der Waals surface area (Å²) < 4.78 is 2.80. The fourth-order valence-corrected chi connectivity index (χ4v) is 1.98. The maximum atomic E-state index is 5.61. The standard InChI is InChI=1S/C9H7IN4S/c10-6-4-12-5-13-9(6)14-3-1-2-7(14)8(11)15/h1-5H,(H2,11,15). The van der Waals surface area contributed by atoms with Crippen LogP contribution in [0.1, 0.15) is 5.69 Å². The van der Waals surface area contributed by atoms with Gasteiger partial charge < -0.3 is 5.73 Å². The van der Waals surface area contributed by atoms with E-state index in [1.165, 1.54) is 6.33 Å². The number of nitrogens with two attached hydrogens (primary N) is 1. The molecule has 2 heterocycles. The first-order valence-electron chi connectivity index (χ1n) is 4.13. The fourth-order valence-electron chi connectivity index (χ4n) is 1.25. The van der Waals surface area contributed by atoms with E-state index in [2.05, 4.69) is 32.6 Å². The molecule has 2 N–H and O–H groups in total. The Morgan fingerprint density at radius 1 is 1.53 bits per heavy atom. The number of hydrogen-bond donors (Lipinski definition) is 1. The molecule has 15 heavy (non-hydrogen) atoms. The summed E-state index contributed by atoms with van der Waals surface area (Å²) in [5, 5.41) is 0. The summed E-state index contributed by atoms with van der Waals surface area (Å²) in [5.74, 6) is 0.790. The molecule has 6 heteroatoms. The van der Waals surface area contributed by atoms with Crippen molar-refractivity contribution in [1.29, 1.82) is 0 Å². The van der Waals surface area contributed by atoms with Crippen LogP contribution in [0.25, 0.3) is 5.82 Å². The Balaban J connectivity index is 2.59. The van der Waals surface area contributed by atoms with Crippen molar-refractivity contribution in [3.8, 4) is 5.82 Å². The molecule has 0 unspecified atom stereocenters. The highest BCUT2D eigenvalue weighted by atomic mass is 127. The molecular weight excluding hydrogens is 323 g/mol. The van der Waals surface area contributed by atoms with Crippen LogP contribution in [0.3, 0.4) is 0 Å². The van der Waals surface area contributed by atoms with Gasteiger partial charge in [-0.1, -0.05) is 12.2 Å². The number of hydrogen-bond acceptors (Lipinski definition) is 3. The molecule has 0 aliphatic heterocycles. The molecule has 0 spiro atoms. The Morgan fingerprint density at radius 2 is 2.33 bits per heavy atom. The van der Waals surface area contributed by atoms with E-state index in [9.17, 15) is 0 Å². The molecule has 0 bridgehead atoms. The SMILES string of the molecule is NC(=S)c1cccn1-c1ncncc1I. The summed E-state index contributed by atoms with van der Waals surface area (Å²) >= 11 is 7.13. The third-order valence-corrected chi connectivity index (χ3v) is 2.85. The number of rotatable bonds is 2. The average molecular weight is 330 g/mol. The van der Waals surface area contributed by atoms with Gasteiger partial charge in [0.15, 0.2) is 5.82 Å². The van der Waals surface area contributed by atoms with E-state index >= 15 is 0 Å². The highest BCUT2D eigenvalue weighted by Gasteiger charge is 2.09. The van der Waals surface area contributed by atoms with Crippen LogP contribution in [0, 0.1) is 3.57 Å². The van der Waals surface area contributed by atoms with Crippen molar-refractivity contribution < 1.29 is 0 Å². The summed E-state index contributed by atoms with van der Waals surface area (Å²) in [7, 11) is 0. The van der Waals surface area contributed by atoms with E-state index in [1.54, 1.807) is 6.20 Å². The lowest BCUT2D eigenvalue weighted by molar-refractivity contribution is 0.961. The summed E-state index contributed by atoms with van der Waals surface area (Å²) in [6, 6.07) is 3.74. The first-order chi connectivity index (χ1) is 7.20. The van der Waals surface area contributed by atoms with Crippen LogP contribution in [-0.4, -0.2) is 19.5 Å². The van der Waals surface area contributed by atoms with Gasteiger partial charge in [0.05, 0.1) is 9.26 Å². The molecule has 76 valence electrons. The van der Waals surface area contributed by atoms with Gasteiger partial charge in [0.1, 0.15) is 11.3 Å². The van der Waals surface area contributed by atoms with Crippen molar-refractivity contribution in [2.24, 2.45) is 5.73 Å². The van der Waals surface area contributed by atoms with E-state index < -0.39 is 0 Å². The molecule has 2 rings (SSSR count). The lowest BCUT2D eigenvalue weighted by atomic mass is 10.4. The summed E-state index contributed by atoms with van der Waals surface area (Å²) in [5.41, 5.74) is 6.39. The Hall–Kier alpha value is -1.02. The van der Waals surface area contributed by atoms with Crippen LogP contribution in [0.2, 0.25) is 0 Å². The van der Waals surface area contributed by atoms with Crippen molar-refractivity contribution in [2.45, 2.75) is 0 Å². The third-order valence-electron chi connectivity index (χ3n) is 1.88. The van der Waals surface area contributed by atoms with Crippen LogP contribution in [0.15, 0.2) is 30.9 Å². The van der Waals surface area contributed by atoms with Crippen molar-refractivity contribution in [3.05, 3.63) is 40.1 Å². The van der Waals surface area contributed by atoms with Gasteiger partial charge in [-0.25, -0.2) is 9.97 Å². The van der Waals surface area contributed by atoms with Crippen LogP contribution in [0.5, 0.6) is 0 Å². The molecule has 0 aliphatic carbocycles. The maximum Gasteiger partial charge on any atom is 0.154 e. The minimum atomic E-state index is 0.356. The molecule has 0 amide bonds. The summed E-state index contributed by atoms with van der Waals surface area (Å²) in [6.45, 7) is 0. The molecule has 4 nitrogen and oxygen atoms in total. The number of aromatic nitrogens is 3. The largest absolute Gasteiger partial charge is 0.388 e. The second-order valence-electron chi connectivity index (χ2n) is 2.82. The van der Waals surface area contributed by atoms with Gasteiger partial charge in [0.2, 0.25) is 0 Å². The predicted octanol–water partition coefficient (Wildman–Crippen LogP) is 1.51. The number of thiocarbonyl (C=S) groups is 1. The van der Waals surface area contributed by atoms with Crippen molar-refractivity contribution >= 4 is 39.8 Å². The normalized spacial score (nSPS) is 10.2. The van der Waals surface area contributed by atoms with Crippen LogP contribution in [-0.2, 0) is 0 Å². The summed E-state index contributed by atoms with van der Waals surface area (Å²) in [4.78, 5) is 8.48. The molecule has 0 saturated heterocycles. The van der Waals surface area contributed by atoms with E-state index in [1.807, 2.05) is 22.9 Å². The van der Waals surface area contributed by atoms with E-state index in [0.29, 0.717) is 4.99 Å². The molecule has 0 fully saturated rings. The molecule has 0 radical (unpaired) electrons. The number of halogens is 1. The van der Waals surface area contributed by atoms with Crippen LogP contribution >= 0.6 is 34.8 Å². The minimum absolute atomic E-state index is 0.356. The Morgan fingerprint density at radius 3 is 3.00 bits per heavy atom. The van der Waals surface area contributed by atoms with Crippen LogP contribution in [0.4, 0.5) is 0 Å². The molecule has 0 aliphatic rings. The second-order valence-corrected chi connectivity index (χ2v) is 4.42. The van der Waals surface area contributed by atoms with Gasteiger partial charge >= 0.3 is 0 Å². The van der Waals surface area contributed by atoms with Gasteiger partial charge in [-0.15, -0.1) is 0 Å². The van der Waals surface area contributed by atoms with E-state index in [-0.39, 0.29) is 0 Å². The number of nitrogens with zero attached hydrogens (tertiary/aromatic N) is 3. The molecule has 0 saturated carbocycles. The summed E-state index contributed by atoms with van der Waals surface area (Å²) in [6.07, 6.45) is 5.12. The lowest BCUT2D eigenvalue weighted by Crippen LogP contribution is -2.15. The Bertz CT molecular complexity index is 508. The quantitative estimate of drug-likeness (QED) is 0.670. The first kappa shape index (κ1) is 10.5. The van der Waals surface area contributed by atoms with Crippen molar-refractivity contribution in [2.75, 3.05) is 0 Å². The second kappa shape index (κ2) is 4.23. The average Bonchev–Trinajstić information content (AvgIpc) is 2.67. The lowest BCUT2D eigenvalue weighted by Gasteiger charge is -2.07. The van der Waals surface area contributed by atoms with Gasteiger partial charge in [0.25, 0.3) is 0 Å². The highest BCUT2D eigenvalue weighted by molar-refractivity contribution is 14.1. The zero-order chi connectivity index (χ0) is 10.8. The first-order valence-corrected chi connectivity index (χ1v) is 5.62. The molecule has 0 aromatic carbocycles. The zero-order valence-corrected chi connectivity index (χ0v) is 10.6. The molecular formula is C9H7IN4S. The van der Waals surface area contributed by atoms with E-state index in [4.69, 9.17) is 18.0 Å². The minimum Gasteiger partial charge on any atom is -0.388 e. The van der Waals surface area contributed by atoms with Gasteiger partial charge in [-0.2, -0.15) is 0 Å². The molecule has 2 aromatic heterocycles. The van der Waals surface area contributed by atoms with Crippen molar-refractivity contribution in [3.63, 3.8) is 0 Å².